The van der Waals surface area contributed by atoms with E-state index in [1.165, 1.54) is 43.4 Å². The average molecular weight is 258 g/mol. The average Bonchev–Trinajstić information content (AvgIpc) is 2.38. The summed E-state index contributed by atoms with van der Waals surface area (Å²) in [5.74, 6) is 1.76. The van der Waals surface area contributed by atoms with Crippen LogP contribution < -0.4 is 5.73 Å². The zero-order valence-corrected chi connectivity index (χ0v) is 12.2. The number of hydrogen-bond acceptors (Lipinski definition) is 2. The van der Waals surface area contributed by atoms with Crippen molar-refractivity contribution in [3.8, 4) is 0 Å². The normalized spacial score (nSPS) is 32.0. The lowest BCUT2D eigenvalue weighted by Crippen LogP contribution is -2.43. The summed E-state index contributed by atoms with van der Waals surface area (Å²) in [6, 6.07) is 7.16. The number of hydrogen-bond donors (Lipinski definition) is 1. The van der Waals surface area contributed by atoms with Crippen LogP contribution in [0, 0.1) is 11.8 Å². The standard InChI is InChI=1S/C17H26N2/c1-12-8-13(2)10-15(9-12)19-7-6-14-4-3-5-17(18)16(14)11-19/h3-5,12-13,15H,6-11,18H2,1-2H3. The van der Waals surface area contributed by atoms with E-state index in [9.17, 15) is 0 Å². The number of benzene rings is 1. The van der Waals surface area contributed by atoms with Gasteiger partial charge in [0, 0.05) is 24.8 Å². The second kappa shape index (κ2) is 5.16. The smallest absolute Gasteiger partial charge is 0.0362 e. The van der Waals surface area contributed by atoms with Gasteiger partial charge >= 0.3 is 0 Å². The number of nitrogens with two attached hydrogens (primary N) is 1. The molecule has 1 aliphatic heterocycles. The second-order valence-corrected chi connectivity index (χ2v) is 6.78. The Morgan fingerprint density at radius 3 is 2.58 bits per heavy atom. The van der Waals surface area contributed by atoms with Crippen LogP contribution in [0.25, 0.3) is 0 Å². The van der Waals surface area contributed by atoms with Crippen LogP contribution in [0.5, 0.6) is 0 Å². The summed E-state index contributed by atoms with van der Waals surface area (Å²) in [7, 11) is 0. The summed E-state index contributed by atoms with van der Waals surface area (Å²) in [5, 5.41) is 0. The minimum atomic E-state index is 0.770. The molecule has 1 fully saturated rings. The fourth-order valence-corrected chi connectivity index (χ4v) is 4.14. The molecule has 104 valence electrons. The maximum atomic E-state index is 6.16. The van der Waals surface area contributed by atoms with Gasteiger partial charge in [-0.05, 0) is 54.7 Å². The van der Waals surface area contributed by atoms with E-state index in [0.29, 0.717) is 0 Å². The summed E-state index contributed by atoms with van der Waals surface area (Å²) in [6.07, 6.45) is 5.31. The molecule has 0 bridgehead atoms. The monoisotopic (exact) mass is 258 g/mol. The van der Waals surface area contributed by atoms with Crippen molar-refractivity contribution in [2.24, 2.45) is 11.8 Å². The van der Waals surface area contributed by atoms with Crippen LogP contribution in [0.15, 0.2) is 18.2 Å². The Morgan fingerprint density at radius 1 is 1.11 bits per heavy atom. The van der Waals surface area contributed by atoms with Crippen molar-refractivity contribution < 1.29 is 0 Å². The Bertz CT molecular complexity index is 445. The minimum absolute atomic E-state index is 0.770. The Balaban J connectivity index is 1.76. The fourth-order valence-electron chi connectivity index (χ4n) is 4.14. The third-order valence-electron chi connectivity index (χ3n) is 5.01. The van der Waals surface area contributed by atoms with E-state index >= 15 is 0 Å². The molecule has 2 N–H and O–H groups in total. The van der Waals surface area contributed by atoms with Crippen LogP contribution in [0.3, 0.4) is 0 Å². The molecule has 0 saturated heterocycles. The van der Waals surface area contributed by atoms with Gasteiger partial charge in [0.25, 0.3) is 0 Å². The highest BCUT2D eigenvalue weighted by Gasteiger charge is 2.30. The first-order chi connectivity index (χ1) is 9.13. The summed E-state index contributed by atoms with van der Waals surface area (Å²) in [5.41, 5.74) is 10.0. The molecule has 1 aromatic carbocycles. The molecule has 19 heavy (non-hydrogen) atoms. The van der Waals surface area contributed by atoms with E-state index in [1.807, 2.05) is 0 Å². The highest BCUT2D eigenvalue weighted by Crippen LogP contribution is 2.34. The molecule has 2 nitrogen and oxygen atoms in total. The van der Waals surface area contributed by atoms with Crippen molar-refractivity contribution in [2.75, 3.05) is 12.3 Å². The molecular weight excluding hydrogens is 232 g/mol. The first-order valence-electron chi connectivity index (χ1n) is 7.73. The van der Waals surface area contributed by atoms with Crippen LogP contribution in [0.2, 0.25) is 0 Å². The van der Waals surface area contributed by atoms with Gasteiger partial charge in [0.05, 0.1) is 0 Å². The van der Waals surface area contributed by atoms with Crippen molar-refractivity contribution in [2.45, 2.75) is 52.1 Å². The molecule has 0 spiro atoms. The number of anilines is 1. The third kappa shape index (κ3) is 2.64. The number of fused-ring (bicyclic) bond motifs is 1. The molecule has 2 unspecified atom stereocenters. The van der Waals surface area contributed by atoms with E-state index in [4.69, 9.17) is 5.73 Å². The van der Waals surface area contributed by atoms with E-state index in [2.05, 4.69) is 36.9 Å². The highest BCUT2D eigenvalue weighted by atomic mass is 15.2. The molecule has 1 heterocycles. The molecule has 0 amide bonds. The van der Waals surface area contributed by atoms with E-state index in [-0.39, 0.29) is 0 Å². The van der Waals surface area contributed by atoms with Crippen LogP contribution in [-0.4, -0.2) is 17.5 Å². The lowest BCUT2D eigenvalue weighted by molar-refractivity contribution is 0.0983. The fraction of sp³-hybridized carbons (Fsp3) is 0.647. The van der Waals surface area contributed by atoms with E-state index in [1.54, 1.807) is 0 Å². The van der Waals surface area contributed by atoms with Crippen molar-refractivity contribution in [3.63, 3.8) is 0 Å². The Kier molecular flexibility index (Phi) is 3.53. The van der Waals surface area contributed by atoms with E-state index in [0.717, 1.165) is 30.1 Å². The molecule has 2 atom stereocenters. The molecule has 2 aliphatic rings. The van der Waals surface area contributed by atoms with Gasteiger partial charge in [-0.15, -0.1) is 0 Å². The number of rotatable bonds is 1. The van der Waals surface area contributed by atoms with Gasteiger partial charge in [-0.3, -0.25) is 4.90 Å². The summed E-state index contributed by atoms with van der Waals surface area (Å²) in [6.45, 7) is 7.09. The molecule has 3 rings (SSSR count). The van der Waals surface area contributed by atoms with Gasteiger partial charge < -0.3 is 5.73 Å². The predicted molar refractivity (Wildman–Crippen MR) is 80.9 cm³/mol. The summed E-state index contributed by atoms with van der Waals surface area (Å²) in [4.78, 5) is 2.69. The van der Waals surface area contributed by atoms with Gasteiger partial charge in [-0.2, -0.15) is 0 Å². The molecule has 1 aromatic rings. The van der Waals surface area contributed by atoms with Crippen LogP contribution in [0.4, 0.5) is 5.69 Å². The van der Waals surface area contributed by atoms with Crippen molar-refractivity contribution in [3.05, 3.63) is 29.3 Å². The quantitative estimate of drug-likeness (QED) is 0.782. The van der Waals surface area contributed by atoms with Gasteiger partial charge in [0.15, 0.2) is 0 Å². The lowest BCUT2D eigenvalue weighted by atomic mass is 9.79. The predicted octanol–water partition coefficient (Wildman–Crippen LogP) is 3.45. The molecule has 0 aromatic heterocycles. The van der Waals surface area contributed by atoms with Crippen molar-refractivity contribution in [1.29, 1.82) is 0 Å². The van der Waals surface area contributed by atoms with Crippen molar-refractivity contribution >= 4 is 5.69 Å². The number of nitrogens with zero attached hydrogens (tertiary/aromatic N) is 1. The Morgan fingerprint density at radius 2 is 1.84 bits per heavy atom. The second-order valence-electron chi connectivity index (χ2n) is 6.78. The molecule has 2 heteroatoms. The topological polar surface area (TPSA) is 29.3 Å². The summed E-state index contributed by atoms with van der Waals surface area (Å²) >= 11 is 0. The first-order valence-corrected chi connectivity index (χ1v) is 7.73. The Hall–Kier alpha value is -1.02. The molecule has 1 aliphatic carbocycles. The van der Waals surface area contributed by atoms with Gasteiger partial charge in [-0.1, -0.05) is 26.0 Å². The van der Waals surface area contributed by atoms with E-state index < -0.39 is 0 Å². The van der Waals surface area contributed by atoms with Gasteiger partial charge in [0.1, 0.15) is 0 Å². The van der Waals surface area contributed by atoms with Crippen molar-refractivity contribution in [1.82, 2.24) is 4.90 Å². The van der Waals surface area contributed by atoms with Crippen LogP contribution >= 0.6 is 0 Å². The van der Waals surface area contributed by atoms with Gasteiger partial charge in [-0.25, -0.2) is 0 Å². The largest absolute Gasteiger partial charge is 0.398 e. The zero-order chi connectivity index (χ0) is 13.4. The third-order valence-corrected chi connectivity index (χ3v) is 5.01. The van der Waals surface area contributed by atoms with Gasteiger partial charge in [0.2, 0.25) is 0 Å². The molecular formula is C17H26N2. The first kappa shape index (κ1) is 13.0. The number of nitrogen functional groups attached to an aromatic ring is 1. The molecule has 0 radical (unpaired) electrons. The SMILES string of the molecule is CC1CC(C)CC(N2CCc3cccc(N)c3C2)C1. The highest BCUT2D eigenvalue weighted by molar-refractivity contribution is 5.51. The maximum absolute atomic E-state index is 6.16. The Labute approximate surface area is 117 Å². The molecule has 1 saturated carbocycles. The van der Waals surface area contributed by atoms with Crippen LogP contribution in [-0.2, 0) is 13.0 Å². The zero-order valence-electron chi connectivity index (χ0n) is 12.2. The van der Waals surface area contributed by atoms with Crippen LogP contribution in [0.1, 0.15) is 44.2 Å². The maximum Gasteiger partial charge on any atom is 0.0362 e. The lowest BCUT2D eigenvalue weighted by Gasteiger charge is -2.41. The minimum Gasteiger partial charge on any atom is -0.398 e. The summed E-state index contributed by atoms with van der Waals surface area (Å²) < 4.78 is 0.